The fourth-order valence-electron chi connectivity index (χ4n) is 4.96. The van der Waals surface area contributed by atoms with E-state index in [0.717, 1.165) is 24.5 Å². The molecule has 2 aromatic carbocycles. The van der Waals surface area contributed by atoms with Crippen molar-refractivity contribution in [2.45, 2.75) is 32.0 Å². The lowest BCUT2D eigenvalue weighted by Gasteiger charge is -2.36. The summed E-state index contributed by atoms with van der Waals surface area (Å²) in [6.45, 7) is 5.77. The first-order chi connectivity index (χ1) is 13.3. The van der Waals surface area contributed by atoms with Crippen LogP contribution >= 0.6 is 0 Å². The van der Waals surface area contributed by atoms with Crippen LogP contribution in [-0.4, -0.2) is 40.5 Å². The van der Waals surface area contributed by atoms with E-state index >= 15 is 0 Å². The van der Waals surface area contributed by atoms with Crippen molar-refractivity contribution in [2.75, 3.05) is 19.6 Å². The molecule has 1 aromatic heterocycles. The summed E-state index contributed by atoms with van der Waals surface area (Å²) >= 11 is 0. The van der Waals surface area contributed by atoms with Crippen LogP contribution in [0.25, 0.3) is 10.9 Å². The fourth-order valence-corrected chi connectivity index (χ4v) is 4.96. The number of aromatic nitrogens is 1. The van der Waals surface area contributed by atoms with Gasteiger partial charge >= 0.3 is 0 Å². The molecule has 0 spiro atoms. The molecule has 0 N–H and O–H groups in total. The topological polar surface area (TPSA) is 19.4 Å². The summed E-state index contributed by atoms with van der Waals surface area (Å²) in [5, 5.41) is 1.30. The van der Waals surface area contributed by atoms with Crippen molar-refractivity contribution in [2.24, 2.45) is 5.92 Å². The molecule has 6 rings (SSSR count). The molecule has 3 nitrogen and oxygen atoms in total. The molecule has 138 valence electrons. The van der Waals surface area contributed by atoms with Crippen LogP contribution in [0.5, 0.6) is 0 Å². The zero-order valence-electron chi connectivity index (χ0n) is 15.8. The number of hydrogen-bond acceptors (Lipinski definition) is 3. The maximum absolute atomic E-state index is 4.53. The number of rotatable bonds is 4. The standard InChI is InChI=1S/C24H27N3/c1-2-6-19(7-3-1)15-27-16-20-11-12-22(27)18-26(14-20)17-21-8-4-10-24-23(21)9-5-13-25-24/h1-10,13,20,22H,11-12,14-18H2/t20-,22+/m0/s1. The number of piperidine rings is 1. The van der Waals surface area contributed by atoms with E-state index in [9.17, 15) is 0 Å². The Morgan fingerprint density at radius 3 is 2.67 bits per heavy atom. The Morgan fingerprint density at radius 2 is 1.74 bits per heavy atom. The molecule has 0 unspecified atom stereocenters. The van der Waals surface area contributed by atoms with Crippen LogP contribution in [0.4, 0.5) is 0 Å². The van der Waals surface area contributed by atoms with Gasteiger partial charge in [-0.25, -0.2) is 0 Å². The van der Waals surface area contributed by atoms with Crippen LogP contribution < -0.4 is 0 Å². The summed E-state index contributed by atoms with van der Waals surface area (Å²) in [7, 11) is 0. The molecular weight excluding hydrogens is 330 g/mol. The van der Waals surface area contributed by atoms with E-state index in [2.05, 4.69) is 75.4 Å². The minimum Gasteiger partial charge on any atom is -0.297 e. The molecule has 27 heavy (non-hydrogen) atoms. The summed E-state index contributed by atoms with van der Waals surface area (Å²) < 4.78 is 0. The summed E-state index contributed by atoms with van der Waals surface area (Å²) in [6.07, 6.45) is 4.61. The molecule has 4 heterocycles. The van der Waals surface area contributed by atoms with Crippen molar-refractivity contribution in [1.29, 1.82) is 0 Å². The van der Waals surface area contributed by atoms with Crippen LogP contribution in [0.3, 0.4) is 0 Å². The number of fused-ring (bicyclic) bond motifs is 5. The third-order valence-corrected chi connectivity index (χ3v) is 6.26. The Kier molecular flexibility index (Phi) is 4.64. The minimum atomic E-state index is 0.678. The SMILES string of the molecule is c1ccc(CN2C[C@H]3CC[C@@H]2CN(Cc2cccc4ncccc24)C3)cc1. The van der Waals surface area contributed by atoms with Gasteiger partial charge in [0.2, 0.25) is 0 Å². The van der Waals surface area contributed by atoms with E-state index in [0.29, 0.717) is 6.04 Å². The largest absolute Gasteiger partial charge is 0.297 e. The van der Waals surface area contributed by atoms with E-state index in [4.69, 9.17) is 0 Å². The zero-order chi connectivity index (χ0) is 18.1. The molecule has 2 atom stereocenters. The Hall–Kier alpha value is -2.23. The summed E-state index contributed by atoms with van der Waals surface area (Å²) in [4.78, 5) is 9.95. The predicted octanol–water partition coefficient (Wildman–Crippen LogP) is 4.33. The van der Waals surface area contributed by atoms with Gasteiger partial charge in [0.05, 0.1) is 5.52 Å². The molecule has 3 saturated heterocycles. The van der Waals surface area contributed by atoms with Crippen molar-refractivity contribution in [3.63, 3.8) is 0 Å². The molecule has 0 saturated carbocycles. The van der Waals surface area contributed by atoms with Crippen molar-refractivity contribution in [1.82, 2.24) is 14.8 Å². The second kappa shape index (κ2) is 7.41. The van der Waals surface area contributed by atoms with Gasteiger partial charge in [-0.05, 0) is 42.0 Å². The summed E-state index contributed by atoms with van der Waals surface area (Å²) in [5.41, 5.74) is 3.96. The van der Waals surface area contributed by atoms with E-state index < -0.39 is 0 Å². The normalized spacial score (nSPS) is 23.6. The fraction of sp³-hybridized carbons (Fsp3) is 0.375. The lowest BCUT2D eigenvalue weighted by atomic mass is 9.94. The monoisotopic (exact) mass is 357 g/mol. The maximum Gasteiger partial charge on any atom is 0.0705 e. The Morgan fingerprint density at radius 1 is 0.815 bits per heavy atom. The molecular formula is C24H27N3. The van der Waals surface area contributed by atoms with Gasteiger partial charge in [0.1, 0.15) is 0 Å². The smallest absolute Gasteiger partial charge is 0.0705 e. The van der Waals surface area contributed by atoms with Crippen LogP contribution in [0, 0.1) is 5.92 Å². The average molecular weight is 358 g/mol. The highest BCUT2D eigenvalue weighted by Gasteiger charge is 2.34. The first kappa shape index (κ1) is 16.9. The van der Waals surface area contributed by atoms with Gasteiger partial charge < -0.3 is 0 Å². The molecule has 3 aliphatic heterocycles. The number of pyridine rings is 1. The summed E-state index contributed by atoms with van der Waals surface area (Å²) in [6, 6.07) is 22.4. The highest BCUT2D eigenvalue weighted by molar-refractivity contribution is 5.81. The summed E-state index contributed by atoms with van der Waals surface area (Å²) in [5.74, 6) is 0.792. The highest BCUT2D eigenvalue weighted by atomic mass is 15.3. The lowest BCUT2D eigenvalue weighted by molar-refractivity contribution is 0.123. The van der Waals surface area contributed by atoms with E-state index in [1.165, 1.54) is 49.0 Å². The van der Waals surface area contributed by atoms with E-state index in [1.54, 1.807) is 0 Å². The highest BCUT2D eigenvalue weighted by Crippen LogP contribution is 2.30. The van der Waals surface area contributed by atoms with Gasteiger partial charge in [0.25, 0.3) is 0 Å². The van der Waals surface area contributed by atoms with Gasteiger partial charge in [-0.3, -0.25) is 14.8 Å². The van der Waals surface area contributed by atoms with Gasteiger partial charge in [-0.2, -0.15) is 0 Å². The third-order valence-electron chi connectivity index (χ3n) is 6.26. The van der Waals surface area contributed by atoms with Gasteiger partial charge in [0.15, 0.2) is 0 Å². The molecule has 0 aliphatic carbocycles. The second-order valence-corrected chi connectivity index (χ2v) is 8.19. The van der Waals surface area contributed by atoms with Crippen LogP contribution in [0.15, 0.2) is 66.9 Å². The number of hydrogen-bond donors (Lipinski definition) is 0. The lowest BCUT2D eigenvalue weighted by Crippen LogP contribution is -2.43. The first-order valence-electron chi connectivity index (χ1n) is 10.2. The van der Waals surface area contributed by atoms with Gasteiger partial charge in [-0.15, -0.1) is 0 Å². The molecule has 3 fully saturated rings. The molecule has 3 aliphatic rings. The predicted molar refractivity (Wildman–Crippen MR) is 110 cm³/mol. The Bertz CT molecular complexity index is 902. The van der Waals surface area contributed by atoms with Crippen LogP contribution in [0.1, 0.15) is 24.0 Å². The minimum absolute atomic E-state index is 0.678. The molecule has 3 heteroatoms. The van der Waals surface area contributed by atoms with Gasteiger partial charge in [-0.1, -0.05) is 48.5 Å². The number of nitrogens with zero attached hydrogens (tertiary/aromatic N) is 3. The average Bonchev–Trinajstić information content (AvgIpc) is 3.00. The second-order valence-electron chi connectivity index (χ2n) is 8.19. The van der Waals surface area contributed by atoms with E-state index in [1.807, 2.05) is 6.20 Å². The number of benzene rings is 2. The molecule has 0 amide bonds. The Balaban J connectivity index is 1.34. The van der Waals surface area contributed by atoms with Crippen LogP contribution in [-0.2, 0) is 13.1 Å². The Labute approximate surface area is 161 Å². The van der Waals surface area contributed by atoms with Gasteiger partial charge in [0, 0.05) is 50.3 Å². The quantitative estimate of drug-likeness (QED) is 0.693. The molecule has 0 radical (unpaired) electrons. The molecule has 2 bridgehead atoms. The van der Waals surface area contributed by atoms with Crippen molar-refractivity contribution < 1.29 is 0 Å². The van der Waals surface area contributed by atoms with Crippen molar-refractivity contribution in [3.8, 4) is 0 Å². The van der Waals surface area contributed by atoms with Crippen molar-refractivity contribution in [3.05, 3.63) is 78.0 Å². The third kappa shape index (κ3) is 3.62. The van der Waals surface area contributed by atoms with Crippen LogP contribution in [0.2, 0.25) is 0 Å². The maximum atomic E-state index is 4.53. The van der Waals surface area contributed by atoms with E-state index in [-0.39, 0.29) is 0 Å². The zero-order valence-corrected chi connectivity index (χ0v) is 15.8. The first-order valence-corrected chi connectivity index (χ1v) is 10.2. The van der Waals surface area contributed by atoms with Crippen molar-refractivity contribution >= 4 is 10.9 Å². The molecule has 3 aromatic rings.